The highest BCUT2D eigenvalue weighted by Gasteiger charge is 2.13. The Bertz CT molecular complexity index is 332. The van der Waals surface area contributed by atoms with Crippen molar-refractivity contribution < 1.29 is 9.13 Å². The summed E-state index contributed by atoms with van der Waals surface area (Å²) in [6.45, 7) is 0. The minimum absolute atomic E-state index is 0.102. The van der Waals surface area contributed by atoms with Gasteiger partial charge in [0.25, 0.3) is 0 Å². The summed E-state index contributed by atoms with van der Waals surface area (Å²) in [7, 11) is 7.68. The van der Waals surface area contributed by atoms with E-state index in [0.29, 0.717) is 4.90 Å². The lowest BCUT2D eigenvalue weighted by Gasteiger charge is -2.06. The molecule has 1 N–H and O–H groups in total. The SMILES string of the molecule is COC(=N)c1c(F)cccc1SCl. The molecule has 0 unspecified atom stereocenters. The van der Waals surface area contributed by atoms with Gasteiger partial charge in [0.05, 0.1) is 12.7 Å². The molecule has 0 saturated carbocycles. The number of rotatable bonds is 2. The van der Waals surface area contributed by atoms with Crippen molar-refractivity contribution in [2.75, 3.05) is 7.11 Å². The van der Waals surface area contributed by atoms with Crippen LogP contribution in [0.25, 0.3) is 0 Å². The second-order valence-corrected chi connectivity index (χ2v) is 3.28. The van der Waals surface area contributed by atoms with Gasteiger partial charge in [-0.25, -0.2) is 4.39 Å². The van der Waals surface area contributed by atoms with Crippen LogP contribution in [0.5, 0.6) is 0 Å². The van der Waals surface area contributed by atoms with Crippen molar-refractivity contribution in [2.24, 2.45) is 0 Å². The van der Waals surface area contributed by atoms with Gasteiger partial charge >= 0.3 is 0 Å². The van der Waals surface area contributed by atoms with E-state index in [4.69, 9.17) is 16.1 Å². The molecule has 13 heavy (non-hydrogen) atoms. The second kappa shape index (κ2) is 4.48. The predicted molar refractivity (Wildman–Crippen MR) is 51.9 cm³/mol. The van der Waals surface area contributed by atoms with Crippen molar-refractivity contribution in [1.82, 2.24) is 0 Å². The molecule has 5 heteroatoms. The number of nitrogens with one attached hydrogen (secondary N) is 1. The van der Waals surface area contributed by atoms with Gasteiger partial charge in [-0.15, -0.1) is 0 Å². The molecule has 0 fully saturated rings. The molecule has 1 aromatic carbocycles. The molecule has 0 aliphatic carbocycles. The fraction of sp³-hybridized carbons (Fsp3) is 0.125. The molecule has 0 heterocycles. The molecule has 1 aromatic rings. The summed E-state index contributed by atoms with van der Waals surface area (Å²) in [5.41, 5.74) is 0.102. The molecule has 1 rings (SSSR count). The Morgan fingerprint density at radius 2 is 2.31 bits per heavy atom. The van der Waals surface area contributed by atoms with E-state index >= 15 is 0 Å². The number of hydrogen-bond donors (Lipinski definition) is 1. The quantitative estimate of drug-likeness (QED) is 0.613. The van der Waals surface area contributed by atoms with E-state index in [1.54, 1.807) is 6.07 Å². The van der Waals surface area contributed by atoms with Crippen molar-refractivity contribution in [1.29, 1.82) is 5.41 Å². The summed E-state index contributed by atoms with van der Waals surface area (Å²) in [5.74, 6) is -0.723. The summed E-state index contributed by atoms with van der Waals surface area (Å²) in [6.07, 6.45) is 0. The van der Waals surface area contributed by atoms with Crippen LogP contribution < -0.4 is 0 Å². The minimum atomic E-state index is -0.502. The molecule has 2 nitrogen and oxygen atoms in total. The van der Waals surface area contributed by atoms with E-state index < -0.39 is 5.82 Å². The number of ether oxygens (including phenoxy) is 1. The Morgan fingerprint density at radius 3 is 2.85 bits per heavy atom. The molecular formula is C8H7ClFNOS. The first kappa shape index (κ1) is 10.3. The lowest BCUT2D eigenvalue weighted by atomic mass is 10.2. The van der Waals surface area contributed by atoms with Crippen LogP contribution >= 0.6 is 21.7 Å². The first-order chi connectivity index (χ1) is 6.20. The predicted octanol–water partition coefficient (Wildman–Crippen LogP) is 3.04. The zero-order valence-corrected chi connectivity index (χ0v) is 8.38. The zero-order valence-electron chi connectivity index (χ0n) is 6.80. The third-order valence-electron chi connectivity index (χ3n) is 1.49. The zero-order chi connectivity index (χ0) is 9.84. The number of halogens is 2. The van der Waals surface area contributed by atoms with Gasteiger partial charge in [-0.1, -0.05) is 6.07 Å². The fourth-order valence-electron chi connectivity index (χ4n) is 0.891. The van der Waals surface area contributed by atoms with Crippen molar-refractivity contribution >= 4 is 27.6 Å². The molecule has 0 aliphatic rings. The van der Waals surface area contributed by atoms with Gasteiger partial charge < -0.3 is 4.74 Å². The first-order valence-electron chi connectivity index (χ1n) is 3.40. The molecular weight excluding hydrogens is 213 g/mol. The van der Waals surface area contributed by atoms with Crippen molar-refractivity contribution in [3.63, 3.8) is 0 Å². The van der Waals surface area contributed by atoms with E-state index in [2.05, 4.69) is 4.74 Å². The van der Waals surface area contributed by atoms with E-state index in [1.807, 2.05) is 0 Å². The second-order valence-electron chi connectivity index (χ2n) is 2.22. The van der Waals surface area contributed by atoms with Crippen molar-refractivity contribution in [3.8, 4) is 0 Å². The van der Waals surface area contributed by atoms with Crippen LogP contribution in [-0.4, -0.2) is 13.0 Å². The van der Waals surface area contributed by atoms with E-state index in [9.17, 15) is 4.39 Å². The number of benzene rings is 1. The Balaban J connectivity index is 3.22. The molecule has 0 saturated heterocycles. The summed E-state index contributed by atoms with van der Waals surface area (Å²) < 4.78 is 17.8. The number of methoxy groups -OCH3 is 1. The Hall–Kier alpha value is -0.740. The van der Waals surface area contributed by atoms with Crippen LogP contribution in [0, 0.1) is 11.2 Å². The first-order valence-corrected chi connectivity index (χ1v) is 5.05. The third kappa shape index (κ3) is 2.14. The molecule has 0 radical (unpaired) electrons. The molecule has 0 aromatic heterocycles. The van der Waals surface area contributed by atoms with Gasteiger partial charge in [-0.2, -0.15) is 0 Å². The van der Waals surface area contributed by atoms with Crippen molar-refractivity contribution in [2.45, 2.75) is 4.90 Å². The topological polar surface area (TPSA) is 33.1 Å². The Kier molecular flexibility index (Phi) is 3.57. The van der Waals surface area contributed by atoms with Crippen LogP contribution in [0.1, 0.15) is 5.56 Å². The summed E-state index contributed by atoms with van der Waals surface area (Å²) in [6, 6.07) is 4.43. The van der Waals surface area contributed by atoms with Gasteiger partial charge in [0.1, 0.15) is 5.82 Å². The molecule has 0 spiro atoms. The van der Waals surface area contributed by atoms with Gasteiger partial charge in [0, 0.05) is 4.90 Å². The highest BCUT2D eigenvalue weighted by atomic mass is 35.7. The van der Waals surface area contributed by atoms with Crippen LogP contribution in [0.4, 0.5) is 4.39 Å². The maximum atomic E-state index is 13.2. The van der Waals surface area contributed by atoms with E-state index in [0.717, 1.165) is 11.0 Å². The monoisotopic (exact) mass is 219 g/mol. The number of hydrogen-bond acceptors (Lipinski definition) is 3. The smallest absolute Gasteiger partial charge is 0.217 e. The molecule has 0 atom stereocenters. The lowest BCUT2D eigenvalue weighted by Crippen LogP contribution is -2.05. The van der Waals surface area contributed by atoms with Gasteiger partial charge in [0.15, 0.2) is 0 Å². The summed E-state index contributed by atoms with van der Waals surface area (Å²) in [4.78, 5) is 0.480. The molecule has 0 bridgehead atoms. The van der Waals surface area contributed by atoms with Crippen molar-refractivity contribution in [3.05, 3.63) is 29.6 Å². The molecule has 0 aliphatic heterocycles. The highest BCUT2D eigenvalue weighted by Crippen LogP contribution is 2.28. The molecule has 70 valence electrons. The largest absolute Gasteiger partial charge is 0.481 e. The van der Waals surface area contributed by atoms with E-state index in [1.165, 1.54) is 19.2 Å². The average Bonchev–Trinajstić information content (AvgIpc) is 2.16. The summed E-state index contributed by atoms with van der Waals surface area (Å²) >= 11 is 0. The van der Waals surface area contributed by atoms with Crippen LogP contribution in [-0.2, 0) is 4.74 Å². The fourth-order valence-corrected chi connectivity index (χ4v) is 1.67. The molecule has 0 amide bonds. The Morgan fingerprint density at radius 1 is 1.62 bits per heavy atom. The lowest BCUT2D eigenvalue weighted by molar-refractivity contribution is 0.397. The van der Waals surface area contributed by atoms with Gasteiger partial charge in [-0.05, 0) is 33.8 Å². The van der Waals surface area contributed by atoms with Crippen LogP contribution in [0.3, 0.4) is 0 Å². The normalized spacial score (nSPS) is 9.77. The van der Waals surface area contributed by atoms with Gasteiger partial charge in [-0.3, -0.25) is 5.41 Å². The maximum absolute atomic E-state index is 13.2. The maximum Gasteiger partial charge on any atom is 0.217 e. The Labute approximate surface area is 84.1 Å². The standard InChI is InChI=1S/C8H7ClFNOS/c1-12-8(11)7-5(10)3-2-4-6(7)13-9/h2-4,11H,1H3. The minimum Gasteiger partial charge on any atom is -0.481 e. The van der Waals surface area contributed by atoms with Gasteiger partial charge in [0.2, 0.25) is 5.90 Å². The van der Waals surface area contributed by atoms with Crippen LogP contribution in [0.2, 0.25) is 0 Å². The van der Waals surface area contributed by atoms with E-state index in [-0.39, 0.29) is 11.5 Å². The van der Waals surface area contributed by atoms with Crippen LogP contribution in [0.15, 0.2) is 23.1 Å². The third-order valence-corrected chi connectivity index (χ3v) is 2.49. The average molecular weight is 220 g/mol. The summed E-state index contributed by atoms with van der Waals surface area (Å²) in [5, 5.41) is 7.33. The highest BCUT2D eigenvalue weighted by molar-refractivity contribution is 8.21.